The van der Waals surface area contributed by atoms with E-state index in [1.807, 2.05) is 87.5 Å². The van der Waals surface area contributed by atoms with E-state index in [4.69, 9.17) is 0 Å². The van der Waals surface area contributed by atoms with E-state index in [1.54, 1.807) is 4.90 Å². The fourth-order valence-corrected chi connectivity index (χ4v) is 6.04. The van der Waals surface area contributed by atoms with Gasteiger partial charge in [0.25, 0.3) is 5.91 Å². The van der Waals surface area contributed by atoms with Crippen LogP contribution >= 0.6 is 11.8 Å². The highest BCUT2D eigenvalue weighted by Gasteiger charge is 2.61. The van der Waals surface area contributed by atoms with Gasteiger partial charge < -0.3 is 5.32 Å². The zero-order valence-corrected chi connectivity index (χ0v) is 20.1. The van der Waals surface area contributed by atoms with Crippen molar-refractivity contribution in [2.45, 2.75) is 25.6 Å². The van der Waals surface area contributed by atoms with E-state index in [9.17, 15) is 14.4 Å². The third-order valence-electron chi connectivity index (χ3n) is 6.29. The number of rotatable bonds is 4. The molecule has 5 rings (SSSR count). The summed E-state index contributed by atoms with van der Waals surface area (Å²) < 4.78 is 0. The second-order valence-electron chi connectivity index (χ2n) is 8.78. The summed E-state index contributed by atoms with van der Waals surface area (Å²) in [6.07, 6.45) is 0. The van der Waals surface area contributed by atoms with Crippen molar-refractivity contribution in [1.29, 1.82) is 0 Å². The van der Waals surface area contributed by atoms with Gasteiger partial charge >= 0.3 is 0 Å². The number of nitrogens with zero attached hydrogens (tertiary/aromatic N) is 2. The van der Waals surface area contributed by atoms with E-state index >= 15 is 0 Å². The molecule has 1 spiro atoms. The zero-order chi connectivity index (χ0) is 24.0. The standard InChI is InChI=1S/C27H25N3O3S/c1-17-7-6-8-20(13-17)30-25(32)16-34-27(30)21-9-4-5-10-23(21)29(26(27)33)15-24(31)28-22-14-18(2)11-12-19(22)3/h4-14H,15-16H2,1-3H3,(H,28,31)/t27-/m1/s1. The number of thioether (sulfide) groups is 1. The Bertz CT molecular complexity index is 1340. The summed E-state index contributed by atoms with van der Waals surface area (Å²) in [4.78, 5) is 42.1. The molecule has 7 heteroatoms. The third-order valence-corrected chi connectivity index (χ3v) is 7.68. The molecular formula is C27H25N3O3S. The quantitative estimate of drug-likeness (QED) is 0.607. The molecule has 172 valence electrons. The highest BCUT2D eigenvalue weighted by Crippen LogP contribution is 2.55. The predicted molar refractivity (Wildman–Crippen MR) is 136 cm³/mol. The summed E-state index contributed by atoms with van der Waals surface area (Å²) in [5.74, 6) is -0.496. The van der Waals surface area contributed by atoms with Crippen molar-refractivity contribution in [3.8, 4) is 0 Å². The van der Waals surface area contributed by atoms with Gasteiger partial charge in [-0.1, -0.05) is 42.5 Å². The molecule has 3 aromatic rings. The second-order valence-corrected chi connectivity index (χ2v) is 9.94. The van der Waals surface area contributed by atoms with Crippen LogP contribution in [0.1, 0.15) is 22.3 Å². The number of hydrogen-bond acceptors (Lipinski definition) is 4. The van der Waals surface area contributed by atoms with Crippen molar-refractivity contribution >= 4 is 46.5 Å². The molecule has 1 saturated heterocycles. The Hall–Kier alpha value is -3.58. The molecule has 0 saturated carbocycles. The maximum absolute atomic E-state index is 14.0. The predicted octanol–water partition coefficient (Wildman–Crippen LogP) is 4.53. The van der Waals surface area contributed by atoms with Crippen LogP contribution in [0.5, 0.6) is 0 Å². The number of anilines is 3. The third kappa shape index (κ3) is 3.47. The Kier molecular flexibility index (Phi) is 5.44. The van der Waals surface area contributed by atoms with Gasteiger partial charge in [-0.3, -0.25) is 24.2 Å². The molecule has 3 amide bonds. The van der Waals surface area contributed by atoms with Gasteiger partial charge in [0.15, 0.2) is 0 Å². The molecule has 0 radical (unpaired) electrons. The first-order valence-electron chi connectivity index (χ1n) is 11.1. The number of hydrogen-bond donors (Lipinski definition) is 1. The van der Waals surface area contributed by atoms with Crippen LogP contribution in [0, 0.1) is 20.8 Å². The SMILES string of the molecule is Cc1cccc(N2C(=O)CS[C@]23C(=O)N(CC(=O)Nc2cc(C)ccc2C)c2ccccc23)c1. The average molecular weight is 472 g/mol. The number of aryl methyl sites for hydroxylation is 3. The Labute approximate surface area is 202 Å². The van der Waals surface area contributed by atoms with Crippen molar-refractivity contribution in [1.82, 2.24) is 0 Å². The minimum absolute atomic E-state index is 0.125. The molecule has 34 heavy (non-hydrogen) atoms. The largest absolute Gasteiger partial charge is 0.324 e. The lowest BCUT2D eigenvalue weighted by Crippen LogP contribution is -2.50. The lowest BCUT2D eigenvalue weighted by atomic mass is 10.0. The molecule has 0 aliphatic carbocycles. The van der Waals surface area contributed by atoms with Gasteiger partial charge in [-0.2, -0.15) is 0 Å². The smallest absolute Gasteiger partial charge is 0.269 e. The van der Waals surface area contributed by atoms with Crippen LogP contribution in [0.2, 0.25) is 0 Å². The maximum atomic E-state index is 14.0. The minimum atomic E-state index is -1.22. The number of carbonyl (C=O) groups is 3. The van der Waals surface area contributed by atoms with Crippen molar-refractivity contribution in [2.75, 3.05) is 27.4 Å². The Morgan fingerprint density at radius 2 is 1.74 bits per heavy atom. The van der Waals surface area contributed by atoms with Gasteiger partial charge in [0, 0.05) is 16.9 Å². The van der Waals surface area contributed by atoms with Crippen LogP contribution in [0.3, 0.4) is 0 Å². The molecule has 0 bridgehead atoms. The van der Waals surface area contributed by atoms with E-state index in [2.05, 4.69) is 5.32 Å². The Balaban J connectivity index is 1.52. The van der Waals surface area contributed by atoms with Gasteiger partial charge in [0.05, 0.1) is 11.4 Å². The lowest BCUT2D eigenvalue weighted by Gasteiger charge is -2.33. The van der Waals surface area contributed by atoms with Crippen molar-refractivity contribution in [2.24, 2.45) is 0 Å². The average Bonchev–Trinajstić information content (AvgIpc) is 3.27. The Morgan fingerprint density at radius 1 is 0.971 bits per heavy atom. The highest BCUT2D eigenvalue weighted by molar-refractivity contribution is 8.02. The number of amides is 3. The topological polar surface area (TPSA) is 69.7 Å². The van der Waals surface area contributed by atoms with E-state index in [-0.39, 0.29) is 30.0 Å². The molecule has 6 nitrogen and oxygen atoms in total. The monoisotopic (exact) mass is 471 g/mol. The van der Waals surface area contributed by atoms with Crippen LogP contribution in [-0.4, -0.2) is 30.0 Å². The lowest BCUT2D eigenvalue weighted by molar-refractivity contribution is -0.124. The normalized spacial score (nSPS) is 19.1. The summed E-state index contributed by atoms with van der Waals surface area (Å²) in [6, 6.07) is 20.9. The van der Waals surface area contributed by atoms with E-state index in [0.717, 1.165) is 27.9 Å². The van der Waals surface area contributed by atoms with E-state index in [0.29, 0.717) is 11.4 Å². The summed E-state index contributed by atoms with van der Waals surface area (Å²) in [5, 5.41) is 2.95. The molecule has 2 heterocycles. The molecule has 2 aliphatic rings. The Morgan fingerprint density at radius 3 is 2.53 bits per heavy atom. The molecule has 1 atom stereocenters. The van der Waals surface area contributed by atoms with Crippen LogP contribution in [0.4, 0.5) is 17.1 Å². The molecule has 0 unspecified atom stereocenters. The molecule has 2 aliphatic heterocycles. The maximum Gasteiger partial charge on any atom is 0.269 e. The summed E-state index contributed by atoms with van der Waals surface area (Å²) >= 11 is 1.31. The van der Waals surface area contributed by atoms with Crippen LogP contribution in [-0.2, 0) is 19.3 Å². The first-order valence-corrected chi connectivity index (χ1v) is 12.1. The molecule has 1 N–H and O–H groups in total. The second kappa shape index (κ2) is 8.33. The van der Waals surface area contributed by atoms with Gasteiger partial charge in [0.2, 0.25) is 16.7 Å². The molecular weight excluding hydrogens is 446 g/mol. The van der Waals surface area contributed by atoms with Crippen LogP contribution in [0.15, 0.2) is 66.7 Å². The summed E-state index contributed by atoms with van der Waals surface area (Å²) in [5.41, 5.74) is 5.79. The van der Waals surface area contributed by atoms with Crippen molar-refractivity contribution in [3.05, 3.63) is 89.0 Å². The van der Waals surface area contributed by atoms with Gasteiger partial charge in [-0.05, 0) is 61.7 Å². The number of para-hydroxylation sites is 1. The molecule has 1 fully saturated rings. The molecule has 3 aromatic carbocycles. The first-order chi connectivity index (χ1) is 16.3. The first kappa shape index (κ1) is 22.2. The van der Waals surface area contributed by atoms with Gasteiger partial charge in [-0.25, -0.2) is 0 Å². The molecule has 0 aromatic heterocycles. The van der Waals surface area contributed by atoms with E-state index < -0.39 is 4.87 Å². The fraction of sp³-hybridized carbons (Fsp3) is 0.222. The highest BCUT2D eigenvalue weighted by atomic mass is 32.2. The zero-order valence-electron chi connectivity index (χ0n) is 19.3. The number of benzene rings is 3. The van der Waals surface area contributed by atoms with Crippen molar-refractivity contribution in [3.63, 3.8) is 0 Å². The number of carbonyl (C=O) groups excluding carboxylic acids is 3. The van der Waals surface area contributed by atoms with Gasteiger partial charge in [-0.15, -0.1) is 11.8 Å². The van der Waals surface area contributed by atoms with Crippen molar-refractivity contribution < 1.29 is 14.4 Å². The van der Waals surface area contributed by atoms with E-state index in [1.165, 1.54) is 16.7 Å². The summed E-state index contributed by atoms with van der Waals surface area (Å²) in [7, 11) is 0. The van der Waals surface area contributed by atoms with Gasteiger partial charge in [0.1, 0.15) is 6.54 Å². The summed E-state index contributed by atoms with van der Waals surface area (Å²) in [6.45, 7) is 5.72. The fourth-order valence-electron chi connectivity index (χ4n) is 4.68. The van der Waals surface area contributed by atoms with Crippen LogP contribution in [0.25, 0.3) is 0 Å². The minimum Gasteiger partial charge on any atom is -0.324 e. The number of nitrogens with one attached hydrogen (secondary N) is 1. The number of fused-ring (bicyclic) bond motifs is 2. The van der Waals surface area contributed by atoms with Crippen LogP contribution < -0.4 is 15.1 Å².